The molecule has 0 amide bonds. The van der Waals surface area contributed by atoms with E-state index in [0.717, 1.165) is 78.0 Å². The Bertz CT molecular complexity index is 1580. The van der Waals surface area contributed by atoms with Crippen LogP contribution in [0.5, 0.6) is 5.75 Å². The number of carboxylic acids is 1. The standard InChI is InChI=1S/C32H34N4O4/c1-19(2)39-29-17-28(32(37)38)34-27-9-7-23(16-26(27)29)36-14-11-21(12-15-36)4-8-25-30(24-10-13-33-18-20(24)3)35-40-31(25)22-5-6-22/h4,7-10,13,16-19,21-22H,5-6,11-12,14-15H2,1-3H3,(H,37,38)/b8-4+. The first-order chi connectivity index (χ1) is 19.4. The highest BCUT2D eigenvalue weighted by Crippen LogP contribution is 2.45. The molecule has 4 aromatic rings. The summed E-state index contributed by atoms with van der Waals surface area (Å²) in [5, 5.41) is 14.8. The van der Waals surface area contributed by atoms with E-state index >= 15 is 0 Å². The summed E-state index contributed by atoms with van der Waals surface area (Å²) in [6.45, 7) is 7.78. The highest BCUT2D eigenvalue weighted by molar-refractivity contribution is 5.94. The summed E-state index contributed by atoms with van der Waals surface area (Å²) in [6.07, 6.45) is 12.6. The van der Waals surface area contributed by atoms with E-state index in [2.05, 4.69) is 45.2 Å². The van der Waals surface area contributed by atoms with Crippen LogP contribution >= 0.6 is 0 Å². The predicted octanol–water partition coefficient (Wildman–Crippen LogP) is 6.89. The van der Waals surface area contributed by atoms with Gasteiger partial charge in [0, 0.05) is 59.7 Å². The number of ether oxygens (including phenoxy) is 1. The summed E-state index contributed by atoms with van der Waals surface area (Å²) < 4.78 is 11.8. The molecule has 1 aliphatic heterocycles. The first-order valence-electron chi connectivity index (χ1n) is 14.1. The van der Waals surface area contributed by atoms with Crippen LogP contribution in [0.3, 0.4) is 0 Å². The number of fused-ring (bicyclic) bond motifs is 1. The molecule has 0 spiro atoms. The van der Waals surface area contributed by atoms with Gasteiger partial charge in [-0.05, 0) is 82.2 Å². The third-order valence-corrected chi connectivity index (χ3v) is 7.76. The van der Waals surface area contributed by atoms with Crippen LogP contribution in [0.15, 0.2) is 53.3 Å². The number of hydrogen-bond acceptors (Lipinski definition) is 7. The molecule has 0 bridgehead atoms. The molecule has 2 aliphatic rings. The van der Waals surface area contributed by atoms with Crippen molar-refractivity contribution in [1.29, 1.82) is 0 Å². The Balaban J connectivity index is 1.20. The molecule has 1 aromatic carbocycles. The lowest BCUT2D eigenvalue weighted by atomic mass is 9.94. The van der Waals surface area contributed by atoms with Gasteiger partial charge < -0.3 is 19.3 Å². The zero-order valence-corrected chi connectivity index (χ0v) is 23.1. The normalized spacial score (nSPS) is 16.4. The van der Waals surface area contributed by atoms with Crippen molar-refractivity contribution in [1.82, 2.24) is 15.1 Å². The number of anilines is 1. The van der Waals surface area contributed by atoms with Crippen molar-refractivity contribution in [3.8, 4) is 17.0 Å². The Morgan fingerprint density at radius 3 is 2.65 bits per heavy atom. The van der Waals surface area contributed by atoms with Gasteiger partial charge in [-0.25, -0.2) is 9.78 Å². The molecular weight excluding hydrogens is 504 g/mol. The molecule has 0 unspecified atom stereocenters. The van der Waals surface area contributed by atoms with Crippen molar-refractivity contribution in [3.05, 3.63) is 71.4 Å². The average molecular weight is 539 g/mol. The lowest BCUT2D eigenvalue weighted by molar-refractivity contribution is 0.0690. The van der Waals surface area contributed by atoms with Crippen LogP contribution in [0.25, 0.3) is 28.2 Å². The first-order valence-corrected chi connectivity index (χ1v) is 14.1. The number of rotatable bonds is 8. The van der Waals surface area contributed by atoms with Gasteiger partial charge in [0.2, 0.25) is 0 Å². The van der Waals surface area contributed by atoms with E-state index in [-0.39, 0.29) is 11.8 Å². The number of benzene rings is 1. The van der Waals surface area contributed by atoms with Crippen LogP contribution in [0.4, 0.5) is 5.69 Å². The van der Waals surface area contributed by atoms with E-state index in [4.69, 9.17) is 9.26 Å². The van der Waals surface area contributed by atoms with Crippen molar-refractivity contribution in [2.75, 3.05) is 18.0 Å². The molecular formula is C32H34N4O4. The fraction of sp³-hybridized carbons (Fsp3) is 0.375. The molecule has 0 radical (unpaired) electrons. The summed E-state index contributed by atoms with van der Waals surface area (Å²) in [5.41, 5.74) is 5.89. The second-order valence-electron chi connectivity index (χ2n) is 11.1. The number of pyridine rings is 2. The number of aromatic carboxylic acids is 1. The van der Waals surface area contributed by atoms with E-state index in [9.17, 15) is 9.90 Å². The molecule has 40 heavy (non-hydrogen) atoms. The highest BCUT2D eigenvalue weighted by Gasteiger charge is 2.32. The van der Waals surface area contributed by atoms with Crippen molar-refractivity contribution in [2.24, 2.45) is 5.92 Å². The monoisotopic (exact) mass is 538 g/mol. The molecule has 1 N–H and O–H groups in total. The van der Waals surface area contributed by atoms with E-state index < -0.39 is 5.97 Å². The number of nitrogens with zero attached hydrogens (tertiary/aromatic N) is 4. The Morgan fingerprint density at radius 1 is 1.15 bits per heavy atom. The maximum Gasteiger partial charge on any atom is 0.354 e. The molecule has 1 saturated carbocycles. The van der Waals surface area contributed by atoms with Gasteiger partial charge in [-0.2, -0.15) is 0 Å². The Hall–Kier alpha value is -4.20. The predicted molar refractivity (Wildman–Crippen MR) is 155 cm³/mol. The van der Waals surface area contributed by atoms with Gasteiger partial charge in [-0.3, -0.25) is 4.98 Å². The van der Waals surface area contributed by atoms with Crippen molar-refractivity contribution in [3.63, 3.8) is 0 Å². The summed E-state index contributed by atoms with van der Waals surface area (Å²) in [6, 6.07) is 9.53. The average Bonchev–Trinajstić information content (AvgIpc) is 3.71. The Morgan fingerprint density at radius 2 is 1.95 bits per heavy atom. The molecule has 3 aromatic heterocycles. The fourth-order valence-corrected chi connectivity index (χ4v) is 5.47. The molecule has 1 aliphatic carbocycles. The maximum atomic E-state index is 11.6. The lowest BCUT2D eigenvalue weighted by Gasteiger charge is -2.32. The van der Waals surface area contributed by atoms with Crippen LogP contribution in [0, 0.1) is 12.8 Å². The molecule has 8 heteroatoms. The van der Waals surface area contributed by atoms with Crippen LogP contribution in [0.2, 0.25) is 0 Å². The summed E-state index contributed by atoms with van der Waals surface area (Å²) in [7, 11) is 0. The van der Waals surface area contributed by atoms with Gasteiger partial charge in [-0.1, -0.05) is 17.3 Å². The summed E-state index contributed by atoms with van der Waals surface area (Å²) in [4.78, 5) is 22.5. The molecule has 8 nitrogen and oxygen atoms in total. The number of piperidine rings is 1. The minimum absolute atomic E-state index is 0.0107. The zero-order valence-electron chi connectivity index (χ0n) is 23.1. The number of carboxylic acid groups (broad SMARTS) is 1. The van der Waals surface area contributed by atoms with Gasteiger partial charge in [0.15, 0.2) is 5.69 Å². The molecule has 0 atom stereocenters. The van der Waals surface area contributed by atoms with Crippen LogP contribution in [-0.2, 0) is 0 Å². The SMILES string of the molecule is Cc1cnccc1-c1noc(C2CC2)c1/C=C/C1CCN(c2ccc3nc(C(=O)O)cc(OC(C)C)c3c2)CC1. The van der Waals surface area contributed by atoms with Crippen molar-refractivity contribution < 1.29 is 19.2 Å². The fourth-order valence-electron chi connectivity index (χ4n) is 5.47. The van der Waals surface area contributed by atoms with Gasteiger partial charge in [0.25, 0.3) is 0 Å². The largest absolute Gasteiger partial charge is 0.490 e. The summed E-state index contributed by atoms with van der Waals surface area (Å²) in [5.74, 6) is 1.44. The van der Waals surface area contributed by atoms with Crippen molar-refractivity contribution >= 4 is 28.6 Å². The third kappa shape index (κ3) is 5.30. The first kappa shape index (κ1) is 26.0. The lowest BCUT2D eigenvalue weighted by Crippen LogP contribution is -2.33. The van der Waals surface area contributed by atoms with Crippen LogP contribution in [0.1, 0.15) is 72.8 Å². The minimum atomic E-state index is -1.06. The zero-order chi connectivity index (χ0) is 27.8. The van der Waals surface area contributed by atoms with Gasteiger partial charge in [0.05, 0.1) is 11.6 Å². The van der Waals surface area contributed by atoms with E-state index in [1.165, 1.54) is 6.07 Å². The van der Waals surface area contributed by atoms with Gasteiger partial charge in [0.1, 0.15) is 17.2 Å². The molecule has 206 valence electrons. The molecule has 4 heterocycles. The number of carbonyl (C=O) groups is 1. The third-order valence-electron chi connectivity index (χ3n) is 7.76. The number of hydrogen-bond donors (Lipinski definition) is 1. The minimum Gasteiger partial charge on any atom is -0.490 e. The van der Waals surface area contributed by atoms with E-state index in [0.29, 0.717) is 23.1 Å². The van der Waals surface area contributed by atoms with Crippen LogP contribution < -0.4 is 9.64 Å². The molecule has 1 saturated heterocycles. The second-order valence-corrected chi connectivity index (χ2v) is 11.1. The Kier molecular flexibility index (Phi) is 7.00. The van der Waals surface area contributed by atoms with E-state index in [1.54, 1.807) is 0 Å². The number of aromatic nitrogens is 3. The molecule has 6 rings (SSSR count). The van der Waals surface area contributed by atoms with Gasteiger partial charge >= 0.3 is 5.97 Å². The van der Waals surface area contributed by atoms with E-state index in [1.807, 2.05) is 44.4 Å². The van der Waals surface area contributed by atoms with Gasteiger partial charge in [-0.15, -0.1) is 0 Å². The quantitative estimate of drug-likeness (QED) is 0.259. The maximum absolute atomic E-state index is 11.6. The topological polar surface area (TPSA) is 102 Å². The summed E-state index contributed by atoms with van der Waals surface area (Å²) >= 11 is 0. The second kappa shape index (κ2) is 10.8. The highest BCUT2D eigenvalue weighted by atomic mass is 16.5. The Labute approximate surface area is 233 Å². The smallest absolute Gasteiger partial charge is 0.354 e. The number of allylic oxidation sites excluding steroid dienone is 1. The van der Waals surface area contributed by atoms with Crippen molar-refractivity contribution in [2.45, 2.75) is 58.5 Å². The number of aryl methyl sites for hydroxylation is 1. The molecule has 2 fully saturated rings. The van der Waals surface area contributed by atoms with Crippen LogP contribution in [-0.4, -0.2) is 45.4 Å².